The van der Waals surface area contributed by atoms with Gasteiger partial charge in [0.1, 0.15) is 23.4 Å². The monoisotopic (exact) mass is 389 g/mol. The van der Waals surface area contributed by atoms with Crippen LogP contribution in [-0.4, -0.2) is 25.2 Å². The number of carbonyl (C=O) groups is 1. The minimum Gasteiger partial charge on any atom is -0.494 e. The van der Waals surface area contributed by atoms with Crippen LogP contribution in [0.25, 0.3) is 0 Å². The van der Waals surface area contributed by atoms with Gasteiger partial charge in [-0.1, -0.05) is 11.6 Å². The molecule has 1 N–H and O–H groups in total. The zero-order chi connectivity index (χ0) is 19.4. The number of hydrogen-bond acceptors (Lipinski definition) is 4. The molecule has 1 aliphatic rings. The molecule has 6 heteroatoms. The Hall–Kier alpha value is -2.40. The molecule has 0 unspecified atom stereocenters. The van der Waals surface area contributed by atoms with Crippen LogP contribution in [0.3, 0.4) is 0 Å². The number of halogens is 1. The van der Waals surface area contributed by atoms with Gasteiger partial charge >= 0.3 is 0 Å². The highest BCUT2D eigenvalue weighted by molar-refractivity contribution is 6.30. The first-order chi connectivity index (χ1) is 13.0. The zero-order valence-corrected chi connectivity index (χ0v) is 16.6. The summed E-state index contributed by atoms with van der Waals surface area (Å²) in [6.07, 6.45) is 1.03. The maximum Gasteiger partial charge on any atom is 0.258 e. The Labute approximate surface area is 164 Å². The lowest BCUT2D eigenvalue weighted by atomic mass is 10.1. The Morgan fingerprint density at radius 3 is 2.81 bits per heavy atom. The molecule has 0 spiro atoms. The number of carbonyl (C=O) groups excluding carboxylic acids is 1. The highest BCUT2D eigenvalue weighted by Gasteiger charge is 2.22. The van der Waals surface area contributed by atoms with Crippen molar-refractivity contribution in [3.8, 4) is 17.2 Å². The first-order valence-corrected chi connectivity index (χ1v) is 9.45. The summed E-state index contributed by atoms with van der Waals surface area (Å²) < 4.78 is 17.1. The van der Waals surface area contributed by atoms with Crippen molar-refractivity contribution in [2.75, 3.05) is 13.2 Å². The predicted molar refractivity (Wildman–Crippen MR) is 105 cm³/mol. The number of hydrogen-bond donors (Lipinski definition) is 1. The van der Waals surface area contributed by atoms with Crippen molar-refractivity contribution >= 4 is 17.5 Å². The molecule has 1 atom stereocenters. The zero-order valence-electron chi connectivity index (χ0n) is 15.8. The van der Waals surface area contributed by atoms with Crippen LogP contribution in [0, 0.1) is 6.92 Å². The summed E-state index contributed by atoms with van der Waals surface area (Å²) in [5.74, 6) is 2.08. The second-order valence-electron chi connectivity index (χ2n) is 6.61. The molecule has 2 aromatic carbocycles. The van der Waals surface area contributed by atoms with Gasteiger partial charge < -0.3 is 19.5 Å². The molecule has 0 saturated heterocycles. The summed E-state index contributed by atoms with van der Waals surface area (Å²) in [6, 6.07) is 9.26. The molecule has 5 nitrogen and oxygen atoms in total. The molecule has 0 aliphatic carbocycles. The first kappa shape index (κ1) is 19.4. The van der Waals surface area contributed by atoms with Crippen LogP contribution in [0.5, 0.6) is 17.2 Å². The number of rotatable bonds is 7. The summed E-state index contributed by atoms with van der Waals surface area (Å²) >= 11 is 5.93. The summed E-state index contributed by atoms with van der Waals surface area (Å²) in [4.78, 5) is 12.2. The quantitative estimate of drug-likeness (QED) is 0.775. The Balaban J connectivity index is 1.60. The fraction of sp³-hybridized carbons (Fsp3) is 0.381. The number of fused-ring (bicyclic) bond motifs is 1. The summed E-state index contributed by atoms with van der Waals surface area (Å²) in [6.45, 7) is 6.72. The van der Waals surface area contributed by atoms with E-state index in [9.17, 15) is 4.79 Å². The van der Waals surface area contributed by atoms with Crippen molar-refractivity contribution in [2.24, 2.45) is 0 Å². The Kier molecular flexibility index (Phi) is 6.11. The van der Waals surface area contributed by atoms with Crippen LogP contribution < -0.4 is 19.5 Å². The van der Waals surface area contributed by atoms with Gasteiger partial charge in [0.05, 0.1) is 6.61 Å². The van der Waals surface area contributed by atoms with E-state index in [0.717, 1.165) is 34.6 Å². The predicted octanol–water partition coefficient (Wildman–Crippen LogP) is 4.07. The average molecular weight is 390 g/mol. The van der Waals surface area contributed by atoms with Crippen LogP contribution in [0.1, 0.15) is 30.5 Å². The van der Waals surface area contributed by atoms with Crippen LogP contribution in [-0.2, 0) is 17.8 Å². The third-order valence-electron chi connectivity index (χ3n) is 4.35. The lowest BCUT2D eigenvalue weighted by molar-refractivity contribution is -0.123. The minimum absolute atomic E-state index is 0.0646. The maximum atomic E-state index is 12.2. The van der Waals surface area contributed by atoms with E-state index in [1.54, 1.807) is 18.2 Å². The Morgan fingerprint density at radius 1 is 1.26 bits per heavy atom. The van der Waals surface area contributed by atoms with Crippen LogP contribution in [0.2, 0.25) is 5.02 Å². The van der Waals surface area contributed by atoms with Crippen LogP contribution >= 0.6 is 11.6 Å². The van der Waals surface area contributed by atoms with E-state index in [1.165, 1.54) is 0 Å². The lowest BCUT2D eigenvalue weighted by Crippen LogP contribution is -2.28. The van der Waals surface area contributed by atoms with E-state index in [2.05, 4.69) is 5.32 Å². The molecule has 1 aliphatic heterocycles. The van der Waals surface area contributed by atoms with Crippen molar-refractivity contribution in [1.29, 1.82) is 0 Å². The van der Waals surface area contributed by atoms with Gasteiger partial charge in [-0.2, -0.15) is 0 Å². The summed E-state index contributed by atoms with van der Waals surface area (Å²) in [5, 5.41) is 3.52. The summed E-state index contributed by atoms with van der Waals surface area (Å²) in [5.41, 5.74) is 2.92. The van der Waals surface area contributed by atoms with Crippen molar-refractivity contribution in [3.63, 3.8) is 0 Å². The van der Waals surface area contributed by atoms with Gasteiger partial charge in [-0.3, -0.25) is 4.79 Å². The van der Waals surface area contributed by atoms with Crippen molar-refractivity contribution in [2.45, 2.75) is 39.8 Å². The SMILES string of the molecule is CCOc1cc2c(cc1CNC(=O)COc1ccc(Cl)cc1C)O[C@H](C)C2. The first-order valence-electron chi connectivity index (χ1n) is 9.07. The van der Waals surface area contributed by atoms with E-state index in [1.807, 2.05) is 32.9 Å². The fourth-order valence-corrected chi connectivity index (χ4v) is 3.30. The Morgan fingerprint density at radius 2 is 2.07 bits per heavy atom. The van der Waals surface area contributed by atoms with Gasteiger partial charge in [0, 0.05) is 29.1 Å². The van der Waals surface area contributed by atoms with Crippen LogP contribution in [0.15, 0.2) is 30.3 Å². The molecule has 3 rings (SSSR count). The van der Waals surface area contributed by atoms with Crippen LogP contribution in [0.4, 0.5) is 0 Å². The smallest absolute Gasteiger partial charge is 0.258 e. The number of nitrogens with one attached hydrogen (secondary N) is 1. The number of ether oxygens (including phenoxy) is 3. The normalized spacial score (nSPS) is 15.0. The maximum absolute atomic E-state index is 12.2. The molecule has 0 radical (unpaired) electrons. The highest BCUT2D eigenvalue weighted by atomic mass is 35.5. The molecule has 1 heterocycles. The lowest BCUT2D eigenvalue weighted by Gasteiger charge is -2.14. The number of aryl methyl sites for hydroxylation is 1. The van der Waals surface area contributed by atoms with Gasteiger partial charge in [-0.05, 0) is 56.7 Å². The van der Waals surface area contributed by atoms with E-state index in [4.69, 9.17) is 25.8 Å². The van der Waals surface area contributed by atoms with Crippen molar-refractivity contribution < 1.29 is 19.0 Å². The average Bonchev–Trinajstić information content (AvgIpc) is 2.98. The Bertz CT molecular complexity index is 837. The molecule has 0 bridgehead atoms. The topological polar surface area (TPSA) is 56.8 Å². The second kappa shape index (κ2) is 8.53. The molecule has 0 aromatic heterocycles. The largest absolute Gasteiger partial charge is 0.494 e. The molecule has 0 saturated carbocycles. The van der Waals surface area contributed by atoms with E-state index in [-0.39, 0.29) is 18.6 Å². The standard InChI is InChI=1S/C21H24ClNO4/c1-4-25-19-9-15-8-14(3)27-20(15)10-16(19)11-23-21(24)12-26-18-6-5-17(22)7-13(18)2/h5-7,9-10,14H,4,8,11-12H2,1-3H3,(H,23,24)/t14-/m1/s1. The van der Waals surface area contributed by atoms with E-state index < -0.39 is 0 Å². The second-order valence-corrected chi connectivity index (χ2v) is 7.04. The van der Waals surface area contributed by atoms with Crippen molar-refractivity contribution in [3.05, 3.63) is 52.0 Å². The van der Waals surface area contributed by atoms with Gasteiger partial charge in [0.25, 0.3) is 5.91 Å². The van der Waals surface area contributed by atoms with Gasteiger partial charge in [-0.15, -0.1) is 0 Å². The molecule has 1 amide bonds. The molecule has 2 aromatic rings. The number of benzene rings is 2. The van der Waals surface area contributed by atoms with Gasteiger partial charge in [0.15, 0.2) is 6.61 Å². The molecule has 144 valence electrons. The molecular formula is C21H24ClNO4. The fourth-order valence-electron chi connectivity index (χ4n) is 3.07. The number of amides is 1. The minimum atomic E-state index is -0.207. The third kappa shape index (κ3) is 4.86. The van der Waals surface area contributed by atoms with Gasteiger partial charge in [0.2, 0.25) is 0 Å². The third-order valence-corrected chi connectivity index (χ3v) is 4.59. The molecule has 0 fully saturated rings. The van der Waals surface area contributed by atoms with E-state index >= 15 is 0 Å². The summed E-state index contributed by atoms with van der Waals surface area (Å²) in [7, 11) is 0. The van der Waals surface area contributed by atoms with Crippen molar-refractivity contribution in [1.82, 2.24) is 5.32 Å². The van der Waals surface area contributed by atoms with E-state index in [0.29, 0.717) is 23.9 Å². The molecule has 27 heavy (non-hydrogen) atoms. The molecular weight excluding hydrogens is 366 g/mol. The van der Waals surface area contributed by atoms with Gasteiger partial charge in [-0.25, -0.2) is 0 Å². The highest BCUT2D eigenvalue weighted by Crippen LogP contribution is 2.35.